The average Bonchev–Trinajstić information content (AvgIpc) is 3.10. The highest BCUT2D eigenvalue weighted by Gasteiger charge is 2.25. The molecule has 0 radical (unpaired) electrons. The summed E-state index contributed by atoms with van der Waals surface area (Å²) >= 11 is 0. The maximum absolute atomic E-state index is 13.0. The molecular weight excluding hydrogens is 343 g/mol. The van der Waals surface area contributed by atoms with Crippen LogP contribution in [0.1, 0.15) is 29.8 Å². The molecule has 136 valence electrons. The number of nitrogens with zero attached hydrogens (tertiary/aromatic N) is 1. The SMILES string of the molecule is CNCCC1CCN(C(=O)c2ccc(-c3ccc(F)cc3)o2)CC1.Cl. The van der Waals surface area contributed by atoms with Gasteiger partial charge in [-0.15, -0.1) is 12.4 Å². The zero-order chi connectivity index (χ0) is 16.9. The van der Waals surface area contributed by atoms with Crippen molar-refractivity contribution in [1.82, 2.24) is 10.2 Å². The normalized spacial score (nSPS) is 15.0. The Morgan fingerprint density at radius 2 is 1.88 bits per heavy atom. The fourth-order valence-corrected chi connectivity index (χ4v) is 3.15. The molecule has 1 aliphatic rings. The summed E-state index contributed by atoms with van der Waals surface area (Å²) in [5.74, 6) is 1.27. The lowest BCUT2D eigenvalue weighted by Gasteiger charge is -2.31. The number of carbonyl (C=O) groups is 1. The molecule has 1 aliphatic heterocycles. The van der Waals surface area contributed by atoms with Gasteiger partial charge < -0.3 is 14.6 Å². The van der Waals surface area contributed by atoms with E-state index in [2.05, 4.69) is 5.32 Å². The van der Waals surface area contributed by atoms with Crippen LogP contribution in [0.4, 0.5) is 4.39 Å². The minimum Gasteiger partial charge on any atom is -0.451 e. The molecular formula is C19H24ClFN2O2. The Morgan fingerprint density at radius 1 is 1.20 bits per heavy atom. The number of likely N-dealkylation sites (tertiary alicyclic amines) is 1. The predicted molar refractivity (Wildman–Crippen MR) is 98.5 cm³/mol. The summed E-state index contributed by atoms with van der Waals surface area (Å²) in [5.41, 5.74) is 0.765. The van der Waals surface area contributed by atoms with E-state index in [4.69, 9.17) is 4.42 Å². The van der Waals surface area contributed by atoms with E-state index in [1.54, 1.807) is 24.3 Å². The van der Waals surface area contributed by atoms with Crippen molar-refractivity contribution in [2.24, 2.45) is 5.92 Å². The summed E-state index contributed by atoms with van der Waals surface area (Å²) in [7, 11) is 1.97. The van der Waals surface area contributed by atoms with Gasteiger partial charge in [-0.1, -0.05) is 0 Å². The quantitative estimate of drug-likeness (QED) is 0.870. The van der Waals surface area contributed by atoms with Crippen molar-refractivity contribution in [2.75, 3.05) is 26.7 Å². The van der Waals surface area contributed by atoms with Crippen molar-refractivity contribution in [3.63, 3.8) is 0 Å². The number of nitrogens with one attached hydrogen (secondary N) is 1. The highest BCUT2D eigenvalue weighted by Crippen LogP contribution is 2.25. The third kappa shape index (κ3) is 4.83. The van der Waals surface area contributed by atoms with Gasteiger partial charge in [-0.25, -0.2) is 4.39 Å². The van der Waals surface area contributed by atoms with Crippen LogP contribution in [0.15, 0.2) is 40.8 Å². The summed E-state index contributed by atoms with van der Waals surface area (Å²) in [5, 5.41) is 3.18. The summed E-state index contributed by atoms with van der Waals surface area (Å²) < 4.78 is 18.7. The standard InChI is InChI=1S/C19H23FN2O2.ClH/c1-21-11-8-14-9-12-22(13-10-14)19(23)18-7-6-17(24-18)15-2-4-16(20)5-3-15;/h2-7,14,21H,8-13H2,1H3;1H. The van der Waals surface area contributed by atoms with E-state index in [-0.39, 0.29) is 24.1 Å². The van der Waals surface area contributed by atoms with Crippen LogP contribution in [0.3, 0.4) is 0 Å². The van der Waals surface area contributed by atoms with Crippen molar-refractivity contribution >= 4 is 18.3 Å². The third-order valence-corrected chi connectivity index (χ3v) is 4.65. The van der Waals surface area contributed by atoms with E-state index >= 15 is 0 Å². The van der Waals surface area contributed by atoms with E-state index in [0.29, 0.717) is 17.4 Å². The van der Waals surface area contributed by atoms with Crippen molar-refractivity contribution in [3.8, 4) is 11.3 Å². The summed E-state index contributed by atoms with van der Waals surface area (Å²) in [6, 6.07) is 9.53. The van der Waals surface area contributed by atoms with Crippen molar-refractivity contribution in [1.29, 1.82) is 0 Å². The highest BCUT2D eigenvalue weighted by atomic mass is 35.5. The Kier molecular flexibility index (Phi) is 7.02. The van der Waals surface area contributed by atoms with Gasteiger partial charge in [0.15, 0.2) is 5.76 Å². The van der Waals surface area contributed by atoms with Crippen LogP contribution in [0, 0.1) is 11.7 Å². The largest absolute Gasteiger partial charge is 0.451 e. The van der Waals surface area contributed by atoms with Crippen LogP contribution in [0.2, 0.25) is 0 Å². The molecule has 0 saturated carbocycles. The molecule has 6 heteroatoms. The number of rotatable bonds is 5. The lowest BCUT2D eigenvalue weighted by molar-refractivity contribution is 0.0656. The van der Waals surface area contributed by atoms with Gasteiger partial charge in [0.25, 0.3) is 5.91 Å². The van der Waals surface area contributed by atoms with Crippen LogP contribution < -0.4 is 5.32 Å². The molecule has 0 bridgehead atoms. The molecule has 0 spiro atoms. The molecule has 0 aliphatic carbocycles. The molecule has 0 unspecified atom stereocenters. The number of carbonyl (C=O) groups excluding carboxylic acids is 1. The number of amides is 1. The third-order valence-electron chi connectivity index (χ3n) is 4.65. The van der Waals surface area contributed by atoms with Crippen LogP contribution in [-0.4, -0.2) is 37.5 Å². The molecule has 2 heterocycles. The minimum absolute atomic E-state index is 0. The molecule has 1 saturated heterocycles. The van der Waals surface area contributed by atoms with Gasteiger partial charge in [-0.3, -0.25) is 4.79 Å². The van der Waals surface area contributed by atoms with Gasteiger partial charge in [0, 0.05) is 18.7 Å². The predicted octanol–water partition coefficient (Wildman–Crippen LogP) is 3.97. The number of hydrogen-bond donors (Lipinski definition) is 1. The molecule has 0 atom stereocenters. The number of hydrogen-bond acceptors (Lipinski definition) is 3. The van der Waals surface area contributed by atoms with Gasteiger partial charge in [0.1, 0.15) is 11.6 Å². The van der Waals surface area contributed by atoms with Gasteiger partial charge in [0.2, 0.25) is 0 Å². The Hall–Kier alpha value is -1.85. The lowest BCUT2D eigenvalue weighted by Crippen LogP contribution is -2.38. The molecule has 1 aromatic heterocycles. The van der Waals surface area contributed by atoms with E-state index in [0.717, 1.165) is 44.5 Å². The molecule has 1 fully saturated rings. The smallest absolute Gasteiger partial charge is 0.289 e. The van der Waals surface area contributed by atoms with Gasteiger partial charge in [0.05, 0.1) is 0 Å². The number of furan rings is 1. The molecule has 25 heavy (non-hydrogen) atoms. The minimum atomic E-state index is -0.289. The zero-order valence-electron chi connectivity index (χ0n) is 14.3. The van der Waals surface area contributed by atoms with E-state index in [9.17, 15) is 9.18 Å². The summed E-state index contributed by atoms with van der Waals surface area (Å²) in [6.07, 6.45) is 3.24. The second-order valence-corrected chi connectivity index (χ2v) is 6.30. The molecule has 2 aromatic rings. The Balaban J connectivity index is 0.00000225. The lowest BCUT2D eigenvalue weighted by atomic mass is 9.93. The van der Waals surface area contributed by atoms with Gasteiger partial charge in [-0.05, 0) is 75.2 Å². The fraction of sp³-hybridized carbons (Fsp3) is 0.421. The summed E-state index contributed by atoms with van der Waals surface area (Å²) in [4.78, 5) is 14.4. The monoisotopic (exact) mass is 366 g/mol. The first-order valence-corrected chi connectivity index (χ1v) is 8.47. The van der Waals surface area contributed by atoms with Gasteiger partial charge in [-0.2, -0.15) is 0 Å². The van der Waals surface area contributed by atoms with Gasteiger partial charge >= 0.3 is 0 Å². The van der Waals surface area contributed by atoms with Crippen LogP contribution in [-0.2, 0) is 0 Å². The zero-order valence-corrected chi connectivity index (χ0v) is 15.2. The van der Waals surface area contributed by atoms with E-state index < -0.39 is 0 Å². The first-order valence-electron chi connectivity index (χ1n) is 8.47. The second kappa shape index (κ2) is 9.02. The van der Waals surface area contributed by atoms with Crippen molar-refractivity contribution in [2.45, 2.75) is 19.3 Å². The highest BCUT2D eigenvalue weighted by molar-refractivity contribution is 5.92. The van der Waals surface area contributed by atoms with Crippen LogP contribution in [0.25, 0.3) is 11.3 Å². The Bertz CT molecular complexity index is 679. The molecule has 1 N–H and O–H groups in total. The summed E-state index contributed by atoms with van der Waals surface area (Å²) in [6.45, 7) is 2.58. The molecule has 3 rings (SSSR count). The number of benzene rings is 1. The first-order chi connectivity index (χ1) is 11.7. The maximum atomic E-state index is 13.0. The molecule has 1 amide bonds. The van der Waals surface area contributed by atoms with E-state index in [1.807, 2.05) is 11.9 Å². The Labute approximate surface area is 153 Å². The topological polar surface area (TPSA) is 45.5 Å². The Morgan fingerprint density at radius 3 is 2.52 bits per heavy atom. The van der Waals surface area contributed by atoms with Crippen molar-refractivity contribution < 1.29 is 13.6 Å². The van der Waals surface area contributed by atoms with Crippen LogP contribution >= 0.6 is 12.4 Å². The number of halogens is 2. The first kappa shape index (κ1) is 19.5. The fourth-order valence-electron chi connectivity index (χ4n) is 3.15. The van der Waals surface area contributed by atoms with Crippen molar-refractivity contribution in [3.05, 3.63) is 48.0 Å². The number of piperidine rings is 1. The van der Waals surface area contributed by atoms with Crippen LogP contribution in [0.5, 0.6) is 0 Å². The molecule has 4 nitrogen and oxygen atoms in total. The maximum Gasteiger partial charge on any atom is 0.289 e. The molecule has 1 aromatic carbocycles. The second-order valence-electron chi connectivity index (χ2n) is 6.30. The van der Waals surface area contributed by atoms with E-state index in [1.165, 1.54) is 12.1 Å². The average molecular weight is 367 g/mol.